The zero-order chi connectivity index (χ0) is 18.8. The summed E-state index contributed by atoms with van der Waals surface area (Å²) in [5, 5.41) is -0.472. The lowest BCUT2D eigenvalue weighted by atomic mass is 10.1. The van der Waals surface area contributed by atoms with Crippen molar-refractivity contribution in [2.45, 2.75) is 12.7 Å². The van der Waals surface area contributed by atoms with Gasteiger partial charge in [0.1, 0.15) is 17.2 Å². The lowest BCUT2D eigenvalue weighted by molar-refractivity contribution is -0.275. The Balaban J connectivity index is 2.19. The van der Waals surface area contributed by atoms with E-state index in [1.807, 2.05) is 0 Å². The monoisotopic (exact) mass is 385 g/mol. The fourth-order valence-corrected chi connectivity index (χ4v) is 1.93. The van der Waals surface area contributed by atoms with Gasteiger partial charge in [0.25, 0.3) is 0 Å². The van der Waals surface area contributed by atoms with Crippen molar-refractivity contribution >= 4 is 17.4 Å². The van der Waals surface area contributed by atoms with E-state index in [9.17, 15) is 31.1 Å². The SMILES string of the molecule is O=C(c1ccc(OC(F)(F)F)c(Cl)c1)c1ccc(OC(F)(F)F)cn1. The van der Waals surface area contributed by atoms with Crippen molar-refractivity contribution in [3.8, 4) is 11.5 Å². The molecule has 1 heterocycles. The molecule has 1 aromatic carbocycles. The molecule has 0 saturated heterocycles. The second-order valence-electron chi connectivity index (χ2n) is 4.45. The van der Waals surface area contributed by atoms with Gasteiger partial charge in [0.2, 0.25) is 5.78 Å². The zero-order valence-corrected chi connectivity index (χ0v) is 12.5. The molecule has 0 radical (unpaired) electrons. The van der Waals surface area contributed by atoms with Crippen molar-refractivity contribution in [2.24, 2.45) is 0 Å². The Morgan fingerprint density at radius 3 is 2.08 bits per heavy atom. The predicted molar refractivity (Wildman–Crippen MR) is 72.5 cm³/mol. The van der Waals surface area contributed by atoms with Crippen molar-refractivity contribution < 1.29 is 40.6 Å². The molecular weight excluding hydrogens is 380 g/mol. The molecule has 0 amide bonds. The highest BCUT2D eigenvalue weighted by molar-refractivity contribution is 6.32. The third kappa shape index (κ3) is 5.52. The minimum atomic E-state index is -4.95. The van der Waals surface area contributed by atoms with Crippen LogP contribution in [0.25, 0.3) is 0 Å². The summed E-state index contributed by atoms with van der Waals surface area (Å²) < 4.78 is 79.8. The van der Waals surface area contributed by atoms with E-state index < -0.39 is 35.0 Å². The molecule has 0 aliphatic heterocycles. The topological polar surface area (TPSA) is 48.4 Å². The van der Waals surface area contributed by atoms with Gasteiger partial charge in [0.15, 0.2) is 0 Å². The average molecular weight is 386 g/mol. The van der Waals surface area contributed by atoms with Crippen LogP contribution in [0.3, 0.4) is 0 Å². The molecule has 25 heavy (non-hydrogen) atoms. The van der Waals surface area contributed by atoms with E-state index in [1.54, 1.807) is 0 Å². The van der Waals surface area contributed by atoms with E-state index >= 15 is 0 Å². The number of carbonyl (C=O) groups is 1. The van der Waals surface area contributed by atoms with Crippen LogP contribution >= 0.6 is 11.6 Å². The van der Waals surface area contributed by atoms with E-state index in [4.69, 9.17) is 11.6 Å². The second-order valence-corrected chi connectivity index (χ2v) is 4.86. The number of alkyl halides is 6. The lowest BCUT2D eigenvalue weighted by Crippen LogP contribution is -2.17. The summed E-state index contributed by atoms with van der Waals surface area (Å²) in [5.41, 5.74) is -0.383. The Kier molecular flexibility index (Phi) is 5.12. The molecule has 0 N–H and O–H groups in total. The van der Waals surface area contributed by atoms with E-state index in [1.165, 1.54) is 0 Å². The van der Waals surface area contributed by atoms with Crippen molar-refractivity contribution in [2.75, 3.05) is 0 Å². The second kappa shape index (κ2) is 6.79. The fourth-order valence-electron chi connectivity index (χ4n) is 1.71. The molecule has 0 unspecified atom stereocenters. The minimum absolute atomic E-state index is 0.128. The highest BCUT2D eigenvalue weighted by Gasteiger charge is 2.32. The molecule has 2 aromatic rings. The van der Waals surface area contributed by atoms with Crippen molar-refractivity contribution in [3.63, 3.8) is 0 Å². The van der Waals surface area contributed by atoms with Crippen LogP contribution in [0.4, 0.5) is 26.3 Å². The summed E-state index contributed by atoms with van der Waals surface area (Å²) in [6, 6.07) is 4.61. The van der Waals surface area contributed by atoms with Crippen molar-refractivity contribution in [1.29, 1.82) is 0 Å². The predicted octanol–water partition coefficient (Wildman–Crippen LogP) is 4.76. The van der Waals surface area contributed by atoms with Crippen molar-refractivity contribution in [3.05, 3.63) is 52.8 Å². The molecule has 4 nitrogen and oxygen atoms in total. The maximum Gasteiger partial charge on any atom is 0.573 e. The van der Waals surface area contributed by atoms with Gasteiger partial charge in [0, 0.05) is 5.56 Å². The van der Waals surface area contributed by atoms with Gasteiger partial charge in [-0.3, -0.25) is 4.79 Å². The average Bonchev–Trinajstić information content (AvgIpc) is 2.46. The Hall–Kier alpha value is -2.49. The van der Waals surface area contributed by atoms with Gasteiger partial charge >= 0.3 is 12.7 Å². The van der Waals surface area contributed by atoms with Gasteiger partial charge in [-0.25, -0.2) is 4.98 Å². The third-order valence-corrected chi connectivity index (χ3v) is 2.92. The first-order valence-corrected chi connectivity index (χ1v) is 6.64. The molecule has 134 valence electrons. The Bertz CT molecular complexity index is 774. The smallest absolute Gasteiger partial charge is 0.404 e. The van der Waals surface area contributed by atoms with E-state index in [0.29, 0.717) is 6.20 Å². The number of pyridine rings is 1. The quantitative estimate of drug-likeness (QED) is 0.562. The first-order chi connectivity index (χ1) is 11.4. The Morgan fingerprint density at radius 1 is 0.960 bits per heavy atom. The highest BCUT2D eigenvalue weighted by atomic mass is 35.5. The van der Waals surface area contributed by atoms with Gasteiger partial charge in [-0.1, -0.05) is 11.6 Å². The summed E-state index contributed by atoms with van der Waals surface area (Å²) in [4.78, 5) is 15.7. The first-order valence-electron chi connectivity index (χ1n) is 6.26. The third-order valence-electron chi connectivity index (χ3n) is 2.62. The lowest BCUT2D eigenvalue weighted by Gasteiger charge is -2.11. The van der Waals surface area contributed by atoms with Gasteiger partial charge in [-0.05, 0) is 30.3 Å². The van der Waals surface area contributed by atoms with Crippen LogP contribution in [0, 0.1) is 0 Å². The maximum absolute atomic E-state index is 12.2. The highest BCUT2D eigenvalue weighted by Crippen LogP contribution is 2.31. The van der Waals surface area contributed by atoms with Crippen LogP contribution in [-0.4, -0.2) is 23.5 Å². The molecule has 0 aliphatic carbocycles. The molecule has 0 atom stereocenters. The number of hydrogen-bond acceptors (Lipinski definition) is 4. The maximum atomic E-state index is 12.2. The number of nitrogens with zero attached hydrogens (tertiary/aromatic N) is 1. The number of halogens is 7. The molecule has 1 aromatic heterocycles. The zero-order valence-electron chi connectivity index (χ0n) is 11.8. The van der Waals surface area contributed by atoms with Gasteiger partial charge in [-0.15, -0.1) is 26.3 Å². The van der Waals surface area contributed by atoms with Crippen LogP contribution in [-0.2, 0) is 0 Å². The molecule has 0 bridgehead atoms. The summed E-state index contributed by atoms with van der Waals surface area (Å²) in [6.45, 7) is 0. The molecule has 11 heteroatoms. The largest absolute Gasteiger partial charge is 0.573 e. The van der Waals surface area contributed by atoms with Gasteiger partial charge in [0.05, 0.1) is 11.2 Å². The number of carbonyl (C=O) groups excluding carboxylic acids is 1. The molecule has 0 saturated carbocycles. The minimum Gasteiger partial charge on any atom is -0.404 e. The van der Waals surface area contributed by atoms with Crippen LogP contribution in [0.15, 0.2) is 36.5 Å². The van der Waals surface area contributed by atoms with Crippen LogP contribution < -0.4 is 9.47 Å². The summed E-state index contributed by atoms with van der Waals surface area (Å²) in [7, 11) is 0. The van der Waals surface area contributed by atoms with Crippen molar-refractivity contribution in [1.82, 2.24) is 4.98 Å². The number of benzene rings is 1. The summed E-state index contributed by atoms with van der Waals surface area (Å²) in [6.07, 6.45) is -9.18. The van der Waals surface area contributed by atoms with E-state index in [-0.39, 0.29) is 11.3 Å². The number of ether oxygens (including phenoxy) is 2. The number of ketones is 1. The molecule has 2 rings (SSSR count). The molecular formula is C14H6ClF6NO3. The molecule has 0 fully saturated rings. The van der Waals surface area contributed by atoms with Crippen LogP contribution in [0.1, 0.15) is 16.1 Å². The molecule has 0 aliphatic rings. The summed E-state index contributed by atoms with van der Waals surface area (Å²) in [5.74, 6) is -2.09. The Labute approximate surface area is 140 Å². The Morgan fingerprint density at radius 2 is 1.60 bits per heavy atom. The van der Waals surface area contributed by atoms with Crippen LogP contribution in [0.2, 0.25) is 5.02 Å². The normalized spacial score (nSPS) is 12.0. The van der Waals surface area contributed by atoms with Crippen LogP contribution in [0.5, 0.6) is 11.5 Å². The molecule has 0 spiro atoms. The first kappa shape index (κ1) is 18.8. The number of rotatable bonds is 4. The van der Waals surface area contributed by atoms with Gasteiger partial charge in [-0.2, -0.15) is 0 Å². The number of aromatic nitrogens is 1. The van der Waals surface area contributed by atoms with E-state index in [0.717, 1.165) is 30.3 Å². The fraction of sp³-hybridized carbons (Fsp3) is 0.143. The number of hydrogen-bond donors (Lipinski definition) is 0. The standard InChI is InChI=1S/C14H6ClF6NO3/c15-9-5-7(1-4-11(9)25-14(19,20)21)12(23)10-3-2-8(6-22-10)24-13(16,17)18/h1-6H. The summed E-state index contributed by atoms with van der Waals surface area (Å²) >= 11 is 5.62. The van der Waals surface area contributed by atoms with E-state index in [2.05, 4.69) is 14.5 Å². The van der Waals surface area contributed by atoms with Gasteiger partial charge < -0.3 is 9.47 Å².